The van der Waals surface area contributed by atoms with E-state index < -0.39 is 5.60 Å². The van der Waals surface area contributed by atoms with Gasteiger partial charge in [-0.1, -0.05) is 52.4 Å². The van der Waals surface area contributed by atoms with Crippen LogP contribution in [0, 0.1) is 11.8 Å². The third-order valence-electron chi connectivity index (χ3n) is 4.53. The summed E-state index contributed by atoms with van der Waals surface area (Å²) < 4.78 is 0. The van der Waals surface area contributed by atoms with Gasteiger partial charge in [0.05, 0.1) is 5.60 Å². The molecule has 0 saturated heterocycles. The molecular formula is C15H30O. The van der Waals surface area contributed by atoms with Crippen molar-refractivity contribution in [3.8, 4) is 0 Å². The van der Waals surface area contributed by atoms with Crippen molar-refractivity contribution in [2.75, 3.05) is 0 Å². The Labute approximate surface area is 102 Å². The van der Waals surface area contributed by atoms with Crippen molar-refractivity contribution in [2.24, 2.45) is 11.8 Å². The summed E-state index contributed by atoms with van der Waals surface area (Å²) in [6, 6.07) is 0. The lowest BCUT2D eigenvalue weighted by Crippen LogP contribution is -2.37. The van der Waals surface area contributed by atoms with Crippen LogP contribution in [-0.4, -0.2) is 10.7 Å². The molecule has 1 saturated carbocycles. The topological polar surface area (TPSA) is 20.2 Å². The molecule has 3 atom stereocenters. The predicted octanol–water partition coefficient (Wildman–Crippen LogP) is 4.53. The van der Waals surface area contributed by atoms with Gasteiger partial charge in [0.1, 0.15) is 0 Å². The van der Waals surface area contributed by atoms with E-state index in [1.807, 2.05) is 0 Å². The van der Waals surface area contributed by atoms with Gasteiger partial charge in [-0.2, -0.15) is 0 Å². The van der Waals surface area contributed by atoms with Crippen LogP contribution in [0.25, 0.3) is 0 Å². The Morgan fingerprint density at radius 2 is 1.94 bits per heavy atom. The molecule has 0 radical (unpaired) electrons. The van der Waals surface area contributed by atoms with Crippen molar-refractivity contribution in [3.05, 3.63) is 0 Å². The molecule has 0 bridgehead atoms. The molecule has 1 fully saturated rings. The molecular weight excluding hydrogens is 196 g/mol. The fourth-order valence-corrected chi connectivity index (χ4v) is 3.16. The summed E-state index contributed by atoms with van der Waals surface area (Å²) in [6.45, 7) is 6.59. The molecule has 0 spiro atoms. The van der Waals surface area contributed by atoms with Crippen molar-refractivity contribution in [1.82, 2.24) is 0 Å². The normalized spacial score (nSPS) is 30.0. The van der Waals surface area contributed by atoms with Crippen molar-refractivity contribution in [1.29, 1.82) is 0 Å². The highest BCUT2D eigenvalue weighted by atomic mass is 16.3. The number of hydrogen-bond donors (Lipinski definition) is 1. The van der Waals surface area contributed by atoms with Crippen LogP contribution in [0.3, 0.4) is 0 Å². The number of rotatable bonds is 6. The molecule has 0 aliphatic heterocycles. The number of hydrogen-bond acceptors (Lipinski definition) is 1. The van der Waals surface area contributed by atoms with Gasteiger partial charge in [-0.05, 0) is 38.0 Å². The zero-order valence-electron chi connectivity index (χ0n) is 11.5. The Balaban J connectivity index is 2.40. The van der Waals surface area contributed by atoms with Crippen LogP contribution in [0.1, 0.15) is 78.6 Å². The van der Waals surface area contributed by atoms with Crippen molar-refractivity contribution >= 4 is 0 Å². The van der Waals surface area contributed by atoms with Crippen LogP contribution < -0.4 is 0 Å². The number of unbranched alkanes of at least 4 members (excludes halogenated alkanes) is 2. The standard InChI is InChI=1S/C15H30O/c1-4-6-7-11-15(3,16)14-10-8-9-13(5-2)12-14/h13-14,16H,4-12H2,1-3H3. The lowest BCUT2D eigenvalue weighted by molar-refractivity contribution is -0.0343. The molecule has 0 aromatic carbocycles. The maximum absolute atomic E-state index is 10.6. The molecule has 1 rings (SSSR count). The quantitative estimate of drug-likeness (QED) is 0.660. The smallest absolute Gasteiger partial charge is 0.0647 e. The molecule has 3 unspecified atom stereocenters. The first-order valence-electron chi connectivity index (χ1n) is 7.32. The first kappa shape index (κ1) is 14.0. The lowest BCUT2D eigenvalue weighted by atomic mass is 9.71. The van der Waals surface area contributed by atoms with E-state index in [2.05, 4.69) is 20.8 Å². The summed E-state index contributed by atoms with van der Waals surface area (Å²) in [5.74, 6) is 1.43. The third-order valence-corrected chi connectivity index (χ3v) is 4.53. The van der Waals surface area contributed by atoms with Crippen molar-refractivity contribution < 1.29 is 5.11 Å². The molecule has 96 valence electrons. The van der Waals surface area contributed by atoms with Gasteiger partial charge in [0, 0.05) is 0 Å². The molecule has 1 heteroatoms. The van der Waals surface area contributed by atoms with Gasteiger partial charge in [0.25, 0.3) is 0 Å². The minimum absolute atomic E-state index is 0.400. The Morgan fingerprint density at radius 1 is 1.19 bits per heavy atom. The zero-order valence-corrected chi connectivity index (χ0v) is 11.5. The van der Waals surface area contributed by atoms with Crippen molar-refractivity contribution in [3.63, 3.8) is 0 Å². The average molecular weight is 226 g/mol. The Morgan fingerprint density at radius 3 is 2.56 bits per heavy atom. The first-order valence-corrected chi connectivity index (χ1v) is 7.32. The highest BCUT2D eigenvalue weighted by molar-refractivity contribution is 4.86. The van der Waals surface area contributed by atoms with Gasteiger partial charge in [-0.3, -0.25) is 0 Å². The van der Waals surface area contributed by atoms with E-state index in [-0.39, 0.29) is 0 Å². The predicted molar refractivity (Wildman–Crippen MR) is 70.5 cm³/mol. The van der Waals surface area contributed by atoms with Crippen LogP contribution >= 0.6 is 0 Å². The SMILES string of the molecule is CCCCCC(C)(O)C1CCCC(CC)C1. The third kappa shape index (κ3) is 4.08. The summed E-state index contributed by atoms with van der Waals surface area (Å²) in [5, 5.41) is 10.6. The van der Waals surface area contributed by atoms with E-state index in [1.165, 1.54) is 51.4 Å². The van der Waals surface area contributed by atoms with Crippen LogP contribution in [0.5, 0.6) is 0 Å². The highest BCUT2D eigenvalue weighted by Crippen LogP contribution is 2.39. The van der Waals surface area contributed by atoms with E-state index in [0.29, 0.717) is 5.92 Å². The van der Waals surface area contributed by atoms with E-state index >= 15 is 0 Å². The fourth-order valence-electron chi connectivity index (χ4n) is 3.16. The molecule has 0 amide bonds. The average Bonchev–Trinajstić information content (AvgIpc) is 2.29. The second kappa shape index (κ2) is 6.64. The summed E-state index contributed by atoms with van der Waals surface area (Å²) in [5.41, 5.74) is -0.400. The Bertz CT molecular complexity index is 186. The molecule has 1 nitrogen and oxygen atoms in total. The van der Waals surface area contributed by atoms with Gasteiger partial charge in [0.15, 0.2) is 0 Å². The Hall–Kier alpha value is -0.0400. The largest absolute Gasteiger partial charge is 0.390 e. The summed E-state index contributed by atoms with van der Waals surface area (Å²) >= 11 is 0. The van der Waals surface area contributed by atoms with E-state index in [1.54, 1.807) is 0 Å². The minimum Gasteiger partial charge on any atom is -0.390 e. The summed E-state index contributed by atoms with van der Waals surface area (Å²) in [6.07, 6.45) is 11.2. The molecule has 1 aliphatic rings. The van der Waals surface area contributed by atoms with Crippen molar-refractivity contribution in [2.45, 2.75) is 84.2 Å². The van der Waals surface area contributed by atoms with E-state index in [4.69, 9.17) is 0 Å². The van der Waals surface area contributed by atoms with E-state index in [0.717, 1.165) is 12.3 Å². The first-order chi connectivity index (χ1) is 7.60. The van der Waals surface area contributed by atoms with Gasteiger partial charge in [-0.25, -0.2) is 0 Å². The summed E-state index contributed by atoms with van der Waals surface area (Å²) in [7, 11) is 0. The second-order valence-electron chi connectivity index (χ2n) is 5.95. The van der Waals surface area contributed by atoms with Crippen LogP contribution in [0.4, 0.5) is 0 Å². The van der Waals surface area contributed by atoms with Gasteiger partial charge in [0.2, 0.25) is 0 Å². The Kier molecular flexibility index (Phi) is 5.82. The monoisotopic (exact) mass is 226 g/mol. The zero-order chi connectivity index (χ0) is 12.0. The molecule has 0 aromatic rings. The van der Waals surface area contributed by atoms with E-state index in [9.17, 15) is 5.11 Å². The van der Waals surface area contributed by atoms with Crippen LogP contribution in [-0.2, 0) is 0 Å². The van der Waals surface area contributed by atoms with Gasteiger partial charge in [-0.15, -0.1) is 0 Å². The molecule has 1 N–H and O–H groups in total. The van der Waals surface area contributed by atoms with Gasteiger partial charge >= 0.3 is 0 Å². The second-order valence-corrected chi connectivity index (χ2v) is 5.95. The van der Waals surface area contributed by atoms with Crippen LogP contribution in [0.2, 0.25) is 0 Å². The maximum Gasteiger partial charge on any atom is 0.0647 e. The molecule has 0 heterocycles. The fraction of sp³-hybridized carbons (Fsp3) is 1.00. The van der Waals surface area contributed by atoms with Gasteiger partial charge < -0.3 is 5.11 Å². The molecule has 16 heavy (non-hydrogen) atoms. The van der Waals surface area contributed by atoms with Crippen LogP contribution in [0.15, 0.2) is 0 Å². The molecule has 1 aliphatic carbocycles. The maximum atomic E-state index is 10.6. The molecule has 0 aromatic heterocycles. The minimum atomic E-state index is -0.400. The summed E-state index contributed by atoms with van der Waals surface area (Å²) in [4.78, 5) is 0. The highest BCUT2D eigenvalue weighted by Gasteiger charge is 2.34. The number of aliphatic hydroxyl groups is 1. The lowest BCUT2D eigenvalue weighted by Gasteiger charge is -2.38.